The molecule has 0 saturated heterocycles. The van der Waals surface area contributed by atoms with Gasteiger partial charge in [0.05, 0.1) is 0 Å². The summed E-state index contributed by atoms with van der Waals surface area (Å²) in [5.74, 6) is 2.70. The highest BCUT2D eigenvalue weighted by molar-refractivity contribution is 4.82. The molecule has 0 bridgehead atoms. The molecule has 0 atom stereocenters. The van der Waals surface area contributed by atoms with Gasteiger partial charge < -0.3 is 5.32 Å². The molecule has 0 aliphatic carbocycles. The topological polar surface area (TPSA) is 12.0 Å². The smallest absolute Gasteiger partial charge is 0.00860 e. The van der Waals surface area contributed by atoms with Crippen LogP contribution in [-0.4, -0.2) is 13.6 Å². The number of rotatable bonds is 12. The number of nitrogens with one attached hydrogen (secondary N) is 1. The molecule has 1 heteroatoms. The molecule has 0 aromatic carbocycles. The van der Waals surface area contributed by atoms with Gasteiger partial charge in [-0.2, -0.15) is 0 Å². The minimum atomic E-state index is 0.964. The summed E-state index contributed by atoms with van der Waals surface area (Å²) in [6, 6.07) is 0. The summed E-state index contributed by atoms with van der Waals surface area (Å²) in [6.45, 7) is 1.18. The van der Waals surface area contributed by atoms with Gasteiger partial charge >= 0.3 is 0 Å². The van der Waals surface area contributed by atoms with Gasteiger partial charge in [0.2, 0.25) is 0 Å². The van der Waals surface area contributed by atoms with Crippen LogP contribution in [0.4, 0.5) is 0 Å². The highest BCUT2D eigenvalue weighted by Gasteiger charge is 1.92. The van der Waals surface area contributed by atoms with E-state index in [1.165, 1.54) is 70.8 Å². The Balaban J connectivity index is 2.86. The molecule has 0 saturated carbocycles. The van der Waals surface area contributed by atoms with E-state index < -0.39 is 0 Å². The molecule has 0 rings (SSSR count). The zero-order valence-electron chi connectivity index (χ0n) is 11.1. The molecule has 0 fully saturated rings. The fraction of sp³-hybridized carbons (Fsp3) is 0.867. The molecule has 0 spiro atoms. The highest BCUT2D eigenvalue weighted by Crippen LogP contribution is 2.10. The standard InChI is InChI=1S/C15H29N/c1-3-4-5-6-7-8-9-10-11-12-13-14-15-16-2/h1,16H,4-15H2,2H3. The molecule has 0 heterocycles. The quantitative estimate of drug-likeness (QED) is 0.387. The summed E-state index contributed by atoms with van der Waals surface area (Å²) in [5.41, 5.74) is 0. The van der Waals surface area contributed by atoms with Crippen molar-refractivity contribution in [1.82, 2.24) is 5.32 Å². The summed E-state index contributed by atoms with van der Waals surface area (Å²) in [5, 5.41) is 3.19. The van der Waals surface area contributed by atoms with Gasteiger partial charge in [-0.15, -0.1) is 12.3 Å². The molecule has 0 aromatic heterocycles. The Morgan fingerprint density at radius 3 is 1.62 bits per heavy atom. The third-order valence-electron chi connectivity index (χ3n) is 3.00. The van der Waals surface area contributed by atoms with E-state index in [1.54, 1.807) is 0 Å². The zero-order valence-corrected chi connectivity index (χ0v) is 11.1. The summed E-state index contributed by atoms with van der Waals surface area (Å²) in [6.07, 6.45) is 19.9. The van der Waals surface area contributed by atoms with Crippen molar-refractivity contribution in [2.24, 2.45) is 0 Å². The number of unbranched alkanes of at least 4 members (excludes halogenated alkanes) is 10. The van der Waals surface area contributed by atoms with Crippen molar-refractivity contribution in [2.45, 2.75) is 70.6 Å². The molecule has 0 aliphatic heterocycles. The van der Waals surface area contributed by atoms with E-state index in [0.717, 1.165) is 6.42 Å². The van der Waals surface area contributed by atoms with Crippen LogP contribution in [0.3, 0.4) is 0 Å². The zero-order chi connectivity index (χ0) is 11.9. The van der Waals surface area contributed by atoms with Crippen LogP contribution in [0.1, 0.15) is 70.6 Å². The van der Waals surface area contributed by atoms with Gasteiger partial charge in [0.25, 0.3) is 0 Å². The second-order valence-corrected chi connectivity index (χ2v) is 4.59. The molecule has 0 aromatic rings. The van der Waals surface area contributed by atoms with Crippen LogP contribution in [0.5, 0.6) is 0 Å². The van der Waals surface area contributed by atoms with Crippen LogP contribution < -0.4 is 5.32 Å². The van der Waals surface area contributed by atoms with Crippen LogP contribution in [-0.2, 0) is 0 Å². The van der Waals surface area contributed by atoms with Gasteiger partial charge in [0.15, 0.2) is 0 Å². The monoisotopic (exact) mass is 223 g/mol. The van der Waals surface area contributed by atoms with Gasteiger partial charge in [-0.3, -0.25) is 0 Å². The molecule has 1 N–H and O–H groups in total. The van der Waals surface area contributed by atoms with Crippen molar-refractivity contribution in [3.05, 3.63) is 0 Å². The van der Waals surface area contributed by atoms with Gasteiger partial charge in [-0.05, 0) is 26.4 Å². The lowest BCUT2D eigenvalue weighted by atomic mass is 10.1. The molecular weight excluding hydrogens is 194 g/mol. The predicted octanol–water partition coefficient (Wildman–Crippen LogP) is 4.13. The van der Waals surface area contributed by atoms with E-state index >= 15 is 0 Å². The predicted molar refractivity (Wildman–Crippen MR) is 73.5 cm³/mol. The van der Waals surface area contributed by atoms with Crippen LogP contribution in [0.15, 0.2) is 0 Å². The van der Waals surface area contributed by atoms with E-state index in [2.05, 4.69) is 11.2 Å². The van der Waals surface area contributed by atoms with Crippen molar-refractivity contribution >= 4 is 0 Å². The highest BCUT2D eigenvalue weighted by atomic mass is 14.8. The second-order valence-electron chi connectivity index (χ2n) is 4.59. The SMILES string of the molecule is C#CCCCCCCCCCCCCNC. The van der Waals surface area contributed by atoms with E-state index in [9.17, 15) is 0 Å². The maximum Gasteiger partial charge on any atom is 0.00860 e. The fourth-order valence-electron chi connectivity index (χ4n) is 1.94. The molecule has 16 heavy (non-hydrogen) atoms. The lowest BCUT2D eigenvalue weighted by Crippen LogP contribution is -2.06. The molecule has 0 radical (unpaired) electrons. The Labute approximate surface area is 102 Å². The van der Waals surface area contributed by atoms with Crippen LogP contribution >= 0.6 is 0 Å². The number of hydrogen-bond acceptors (Lipinski definition) is 1. The van der Waals surface area contributed by atoms with Gasteiger partial charge in [0, 0.05) is 6.42 Å². The third kappa shape index (κ3) is 13.5. The summed E-state index contributed by atoms with van der Waals surface area (Å²) < 4.78 is 0. The van der Waals surface area contributed by atoms with Gasteiger partial charge in [0.1, 0.15) is 0 Å². The molecule has 0 amide bonds. The molecule has 94 valence electrons. The summed E-state index contributed by atoms with van der Waals surface area (Å²) in [4.78, 5) is 0. The maximum absolute atomic E-state index is 5.20. The molecule has 1 nitrogen and oxygen atoms in total. The van der Waals surface area contributed by atoms with Crippen molar-refractivity contribution < 1.29 is 0 Å². The van der Waals surface area contributed by atoms with E-state index in [-0.39, 0.29) is 0 Å². The summed E-state index contributed by atoms with van der Waals surface area (Å²) in [7, 11) is 2.03. The Morgan fingerprint density at radius 2 is 1.19 bits per heavy atom. The number of hydrogen-bond donors (Lipinski definition) is 1. The molecule has 0 unspecified atom stereocenters. The lowest BCUT2D eigenvalue weighted by molar-refractivity contribution is 0.549. The average molecular weight is 223 g/mol. The van der Waals surface area contributed by atoms with Crippen molar-refractivity contribution in [3.63, 3.8) is 0 Å². The van der Waals surface area contributed by atoms with Crippen molar-refractivity contribution in [2.75, 3.05) is 13.6 Å². The minimum Gasteiger partial charge on any atom is -0.320 e. The minimum absolute atomic E-state index is 0.964. The van der Waals surface area contributed by atoms with Gasteiger partial charge in [-0.1, -0.05) is 51.4 Å². The number of terminal acetylenes is 1. The van der Waals surface area contributed by atoms with Crippen LogP contribution in [0.25, 0.3) is 0 Å². The van der Waals surface area contributed by atoms with E-state index in [4.69, 9.17) is 6.42 Å². The van der Waals surface area contributed by atoms with E-state index in [1.807, 2.05) is 7.05 Å². The third-order valence-corrected chi connectivity index (χ3v) is 3.00. The van der Waals surface area contributed by atoms with Crippen LogP contribution in [0.2, 0.25) is 0 Å². The first-order valence-corrected chi connectivity index (χ1v) is 7.00. The van der Waals surface area contributed by atoms with Crippen molar-refractivity contribution in [3.8, 4) is 12.3 Å². The molecule has 0 aliphatic rings. The van der Waals surface area contributed by atoms with Gasteiger partial charge in [-0.25, -0.2) is 0 Å². The average Bonchev–Trinajstić information content (AvgIpc) is 2.31. The Kier molecular flexibility index (Phi) is 14.1. The van der Waals surface area contributed by atoms with Crippen molar-refractivity contribution in [1.29, 1.82) is 0 Å². The fourth-order valence-corrected chi connectivity index (χ4v) is 1.94. The normalized spacial score (nSPS) is 10.2. The first-order chi connectivity index (χ1) is 7.91. The lowest BCUT2D eigenvalue weighted by Gasteiger charge is -2.02. The Bertz CT molecular complexity index is 157. The first-order valence-electron chi connectivity index (χ1n) is 7.00. The van der Waals surface area contributed by atoms with Crippen LogP contribution in [0, 0.1) is 12.3 Å². The first kappa shape index (κ1) is 15.5. The van der Waals surface area contributed by atoms with E-state index in [0.29, 0.717) is 0 Å². The molecular formula is C15H29N. The Hall–Kier alpha value is -0.480. The Morgan fingerprint density at radius 1 is 0.750 bits per heavy atom. The largest absolute Gasteiger partial charge is 0.320 e. The summed E-state index contributed by atoms with van der Waals surface area (Å²) >= 11 is 0. The second kappa shape index (κ2) is 14.5. The maximum atomic E-state index is 5.20.